The van der Waals surface area contributed by atoms with Gasteiger partial charge in [-0.15, -0.1) is 0 Å². The maximum atomic E-state index is 3.61. The quantitative estimate of drug-likeness (QED) is 0.635. The van der Waals surface area contributed by atoms with Gasteiger partial charge in [0.25, 0.3) is 0 Å². The van der Waals surface area contributed by atoms with E-state index >= 15 is 0 Å². The minimum Gasteiger partial charge on any atom is -0.314 e. The van der Waals surface area contributed by atoms with E-state index in [-0.39, 0.29) is 0 Å². The van der Waals surface area contributed by atoms with E-state index in [0.717, 1.165) is 6.54 Å². The summed E-state index contributed by atoms with van der Waals surface area (Å²) in [5.74, 6) is 1.32. The van der Waals surface area contributed by atoms with Gasteiger partial charge >= 0.3 is 0 Å². The molecule has 0 radical (unpaired) electrons. The Labute approximate surface area is 101 Å². The molecular weight excluding hydrogens is 202 g/mol. The summed E-state index contributed by atoms with van der Waals surface area (Å²) >= 11 is 1.96. The molecule has 1 atom stereocenters. The van der Waals surface area contributed by atoms with Crippen molar-refractivity contribution in [1.82, 2.24) is 5.32 Å². The van der Waals surface area contributed by atoms with Crippen LogP contribution in [0.25, 0.3) is 0 Å². The van der Waals surface area contributed by atoms with Crippen LogP contribution in [0, 0.1) is 5.41 Å². The van der Waals surface area contributed by atoms with Crippen molar-refractivity contribution in [2.24, 2.45) is 5.41 Å². The van der Waals surface area contributed by atoms with E-state index < -0.39 is 0 Å². The van der Waals surface area contributed by atoms with Crippen molar-refractivity contribution in [3.05, 3.63) is 0 Å². The zero-order valence-electron chi connectivity index (χ0n) is 11.2. The Kier molecular flexibility index (Phi) is 8.64. The molecule has 0 aromatic rings. The van der Waals surface area contributed by atoms with Crippen LogP contribution in [0.4, 0.5) is 0 Å². The lowest BCUT2D eigenvalue weighted by Gasteiger charge is -2.31. The van der Waals surface area contributed by atoms with Crippen LogP contribution in [0.5, 0.6) is 0 Å². The molecule has 0 spiro atoms. The van der Waals surface area contributed by atoms with E-state index in [1.165, 1.54) is 31.4 Å². The number of hydrogen-bond donors (Lipinski definition) is 1. The molecule has 1 unspecified atom stereocenters. The highest BCUT2D eigenvalue weighted by Gasteiger charge is 2.22. The first kappa shape index (κ1) is 15.3. The first-order chi connectivity index (χ1) is 7.02. The second-order valence-electron chi connectivity index (χ2n) is 5.32. The first-order valence-corrected chi connectivity index (χ1v) is 7.64. The van der Waals surface area contributed by atoms with Crippen molar-refractivity contribution < 1.29 is 0 Å². The molecule has 0 aliphatic carbocycles. The lowest BCUT2D eigenvalue weighted by Crippen LogP contribution is -2.40. The second-order valence-corrected chi connectivity index (χ2v) is 6.30. The van der Waals surface area contributed by atoms with Gasteiger partial charge in [0.2, 0.25) is 0 Å². The van der Waals surface area contributed by atoms with Crippen molar-refractivity contribution >= 4 is 11.8 Å². The Morgan fingerprint density at radius 1 is 1.13 bits per heavy atom. The van der Waals surface area contributed by atoms with Crippen LogP contribution in [0.2, 0.25) is 0 Å². The fraction of sp³-hybridized carbons (Fsp3) is 1.00. The monoisotopic (exact) mass is 231 g/mol. The summed E-state index contributed by atoms with van der Waals surface area (Å²) in [5, 5.41) is 3.61. The maximum absolute atomic E-state index is 3.61. The zero-order chi connectivity index (χ0) is 11.7. The molecule has 0 fully saturated rings. The van der Waals surface area contributed by atoms with E-state index in [9.17, 15) is 0 Å². The molecule has 15 heavy (non-hydrogen) atoms. The summed E-state index contributed by atoms with van der Waals surface area (Å²) in [7, 11) is 0. The van der Waals surface area contributed by atoms with Gasteiger partial charge in [-0.1, -0.05) is 40.5 Å². The summed E-state index contributed by atoms with van der Waals surface area (Å²) in [4.78, 5) is 0. The van der Waals surface area contributed by atoms with Crippen molar-refractivity contribution in [2.75, 3.05) is 18.6 Å². The Hall–Kier alpha value is 0.310. The van der Waals surface area contributed by atoms with E-state index in [0.29, 0.717) is 11.5 Å². The Morgan fingerprint density at radius 2 is 1.80 bits per heavy atom. The van der Waals surface area contributed by atoms with Gasteiger partial charge in [0.15, 0.2) is 0 Å². The third-order valence-corrected chi connectivity index (χ3v) is 3.53. The smallest absolute Gasteiger partial charge is 0.0115 e. The Balaban J connectivity index is 3.67. The third kappa shape index (κ3) is 8.15. The molecule has 0 aromatic heterocycles. The number of hydrogen-bond acceptors (Lipinski definition) is 2. The number of nitrogens with one attached hydrogen (secondary N) is 1. The highest BCUT2D eigenvalue weighted by molar-refractivity contribution is 7.98. The zero-order valence-corrected chi connectivity index (χ0v) is 12.0. The Bertz CT molecular complexity index is 140. The van der Waals surface area contributed by atoms with Crippen LogP contribution in [0.15, 0.2) is 0 Å². The first-order valence-electron chi connectivity index (χ1n) is 6.24. The molecule has 0 amide bonds. The van der Waals surface area contributed by atoms with Gasteiger partial charge < -0.3 is 5.32 Å². The van der Waals surface area contributed by atoms with Crippen LogP contribution in [0.1, 0.15) is 53.4 Å². The molecule has 0 rings (SSSR count). The topological polar surface area (TPSA) is 12.0 Å². The molecule has 2 heteroatoms. The summed E-state index contributed by atoms with van der Waals surface area (Å²) in [6.07, 6.45) is 7.65. The molecule has 0 aliphatic rings. The van der Waals surface area contributed by atoms with Gasteiger partial charge in [0.1, 0.15) is 0 Å². The predicted octanol–water partition coefficient (Wildman–Crippen LogP) is 3.93. The molecule has 0 aromatic carbocycles. The maximum Gasteiger partial charge on any atom is 0.0115 e. The summed E-state index contributed by atoms with van der Waals surface area (Å²) in [6.45, 7) is 10.3. The summed E-state index contributed by atoms with van der Waals surface area (Å²) in [6, 6.07) is 0.678. The molecule has 92 valence electrons. The molecule has 0 saturated carbocycles. The van der Waals surface area contributed by atoms with Crippen LogP contribution in [0.3, 0.4) is 0 Å². The van der Waals surface area contributed by atoms with Gasteiger partial charge in [0, 0.05) is 6.04 Å². The molecule has 0 aliphatic heterocycles. The normalized spacial score (nSPS) is 14.2. The third-order valence-electron chi connectivity index (χ3n) is 2.84. The van der Waals surface area contributed by atoms with E-state index in [4.69, 9.17) is 0 Å². The van der Waals surface area contributed by atoms with Gasteiger partial charge in [-0.25, -0.2) is 0 Å². The van der Waals surface area contributed by atoms with E-state index in [1.54, 1.807) is 0 Å². The average Bonchev–Trinajstić information content (AvgIpc) is 2.14. The van der Waals surface area contributed by atoms with Crippen LogP contribution in [-0.2, 0) is 0 Å². The lowest BCUT2D eigenvalue weighted by molar-refractivity contribution is 0.253. The summed E-state index contributed by atoms with van der Waals surface area (Å²) in [5.41, 5.74) is 0.398. The Morgan fingerprint density at radius 3 is 2.27 bits per heavy atom. The molecule has 0 bridgehead atoms. The molecule has 1 nitrogen and oxygen atoms in total. The highest BCUT2D eigenvalue weighted by Crippen LogP contribution is 2.23. The van der Waals surface area contributed by atoms with Gasteiger partial charge in [-0.2, -0.15) is 11.8 Å². The second kappa shape index (κ2) is 8.46. The van der Waals surface area contributed by atoms with Crippen molar-refractivity contribution in [3.63, 3.8) is 0 Å². The number of unbranched alkanes of at least 4 members (excludes halogenated alkanes) is 2. The SMILES string of the molecule is CCNC(CCCCCSC)C(C)(C)C. The van der Waals surface area contributed by atoms with Crippen molar-refractivity contribution in [2.45, 2.75) is 59.4 Å². The van der Waals surface area contributed by atoms with Gasteiger partial charge in [-0.3, -0.25) is 0 Å². The highest BCUT2D eigenvalue weighted by atomic mass is 32.2. The van der Waals surface area contributed by atoms with Crippen LogP contribution >= 0.6 is 11.8 Å². The lowest BCUT2D eigenvalue weighted by atomic mass is 9.83. The minimum absolute atomic E-state index is 0.398. The molecule has 1 N–H and O–H groups in total. The van der Waals surface area contributed by atoms with Gasteiger partial charge in [-0.05, 0) is 36.8 Å². The van der Waals surface area contributed by atoms with Crippen molar-refractivity contribution in [3.8, 4) is 0 Å². The van der Waals surface area contributed by atoms with E-state index in [2.05, 4.69) is 39.3 Å². The van der Waals surface area contributed by atoms with Crippen molar-refractivity contribution in [1.29, 1.82) is 0 Å². The minimum atomic E-state index is 0.398. The molecule has 0 heterocycles. The van der Waals surface area contributed by atoms with Crippen LogP contribution < -0.4 is 5.32 Å². The largest absolute Gasteiger partial charge is 0.314 e. The van der Waals surface area contributed by atoms with Gasteiger partial charge in [0.05, 0.1) is 0 Å². The molecule has 0 saturated heterocycles. The fourth-order valence-electron chi connectivity index (χ4n) is 1.86. The summed E-state index contributed by atoms with van der Waals surface area (Å²) < 4.78 is 0. The van der Waals surface area contributed by atoms with Crippen LogP contribution in [-0.4, -0.2) is 24.6 Å². The average molecular weight is 231 g/mol. The molecular formula is C13H29NS. The standard InChI is InChI=1S/C13H29NS/c1-6-14-12(13(2,3)4)10-8-7-9-11-15-5/h12,14H,6-11H2,1-5H3. The number of thioether (sulfide) groups is 1. The number of rotatable bonds is 8. The fourth-order valence-corrected chi connectivity index (χ4v) is 2.35. The van der Waals surface area contributed by atoms with E-state index in [1.807, 2.05) is 11.8 Å². The predicted molar refractivity (Wildman–Crippen MR) is 73.8 cm³/mol.